The van der Waals surface area contributed by atoms with Gasteiger partial charge in [-0.1, -0.05) is 36.4 Å². The number of benzene rings is 2. The maximum atomic E-state index is 8.91. The lowest BCUT2D eigenvalue weighted by molar-refractivity contribution is 0.681. The van der Waals surface area contributed by atoms with Crippen molar-refractivity contribution < 1.29 is 0 Å². The summed E-state index contributed by atoms with van der Waals surface area (Å²) in [4.78, 5) is 0. The molecule has 0 aliphatic rings. The molecule has 0 saturated heterocycles. The van der Waals surface area contributed by atoms with Crippen LogP contribution in [0.5, 0.6) is 0 Å². The van der Waals surface area contributed by atoms with E-state index in [9.17, 15) is 0 Å². The van der Waals surface area contributed by atoms with E-state index in [-0.39, 0.29) is 0 Å². The Morgan fingerprint density at radius 2 is 1.74 bits per heavy atom. The molecule has 1 heterocycles. The van der Waals surface area contributed by atoms with E-state index < -0.39 is 0 Å². The third kappa shape index (κ3) is 4.29. The smallest absolute Gasteiger partial charge is 0.0991 e. The zero-order valence-electron chi connectivity index (χ0n) is 12.8. The normalized spacial score (nSPS) is 10.4. The van der Waals surface area contributed by atoms with E-state index in [1.54, 1.807) is 6.20 Å². The highest BCUT2D eigenvalue weighted by molar-refractivity contribution is 5.32. The van der Waals surface area contributed by atoms with Gasteiger partial charge in [0.05, 0.1) is 18.2 Å². The average molecular weight is 302 g/mol. The first-order valence-electron chi connectivity index (χ1n) is 7.58. The molecule has 0 aliphatic heterocycles. The molecule has 3 aromatic rings. The molecule has 1 aromatic heterocycles. The van der Waals surface area contributed by atoms with E-state index in [2.05, 4.69) is 40.8 Å². The molecule has 3 rings (SSSR count). The van der Waals surface area contributed by atoms with E-state index in [4.69, 9.17) is 5.26 Å². The largest absolute Gasteiger partial charge is 0.309 e. The Morgan fingerprint density at radius 1 is 0.957 bits per heavy atom. The van der Waals surface area contributed by atoms with Gasteiger partial charge in [0.25, 0.3) is 0 Å². The fraction of sp³-hybridized carbons (Fsp3) is 0.158. The number of nitrogens with zero attached hydrogens (tertiary/aromatic N) is 3. The van der Waals surface area contributed by atoms with Gasteiger partial charge in [0, 0.05) is 25.5 Å². The van der Waals surface area contributed by atoms with Crippen LogP contribution in [0.1, 0.15) is 22.3 Å². The van der Waals surface area contributed by atoms with Gasteiger partial charge in [0.2, 0.25) is 0 Å². The van der Waals surface area contributed by atoms with Gasteiger partial charge in [0.1, 0.15) is 0 Å². The molecule has 4 heteroatoms. The van der Waals surface area contributed by atoms with Gasteiger partial charge in [-0.25, -0.2) is 0 Å². The number of rotatable bonds is 6. The molecule has 4 nitrogen and oxygen atoms in total. The predicted molar refractivity (Wildman–Crippen MR) is 89.5 cm³/mol. The number of nitrogens with one attached hydrogen (secondary N) is 1. The summed E-state index contributed by atoms with van der Waals surface area (Å²) in [5, 5.41) is 16.5. The number of hydrogen-bond donors (Lipinski definition) is 1. The van der Waals surface area contributed by atoms with Crippen molar-refractivity contribution in [3.8, 4) is 6.07 Å². The molecule has 0 saturated carbocycles. The summed E-state index contributed by atoms with van der Waals surface area (Å²) in [6.45, 7) is 2.35. The highest BCUT2D eigenvalue weighted by atomic mass is 15.3. The molecule has 0 atom stereocenters. The minimum atomic E-state index is 0.701. The van der Waals surface area contributed by atoms with Crippen LogP contribution in [-0.2, 0) is 19.6 Å². The molecule has 0 bridgehead atoms. The summed E-state index contributed by atoms with van der Waals surface area (Å²) in [7, 11) is 0. The van der Waals surface area contributed by atoms with Crippen LogP contribution in [0.25, 0.3) is 0 Å². The van der Waals surface area contributed by atoms with Crippen LogP contribution in [0.4, 0.5) is 0 Å². The highest BCUT2D eigenvalue weighted by Gasteiger charge is 1.98. The second kappa shape index (κ2) is 7.39. The minimum absolute atomic E-state index is 0.701. The Morgan fingerprint density at radius 3 is 2.48 bits per heavy atom. The second-order valence-corrected chi connectivity index (χ2v) is 5.44. The van der Waals surface area contributed by atoms with Crippen molar-refractivity contribution in [3.05, 3.63) is 89.2 Å². The lowest BCUT2D eigenvalue weighted by Gasteiger charge is -2.07. The molecule has 1 N–H and O–H groups in total. The zero-order chi connectivity index (χ0) is 15.9. The topological polar surface area (TPSA) is 53.6 Å². The van der Waals surface area contributed by atoms with E-state index in [1.807, 2.05) is 41.2 Å². The van der Waals surface area contributed by atoms with Crippen molar-refractivity contribution in [2.75, 3.05) is 0 Å². The van der Waals surface area contributed by atoms with E-state index in [1.165, 1.54) is 11.1 Å². The lowest BCUT2D eigenvalue weighted by Crippen LogP contribution is -2.12. The molecule has 114 valence electrons. The molecule has 0 aliphatic carbocycles. The maximum Gasteiger partial charge on any atom is 0.0991 e. The number of aromatic nitrogens is 2. The van der Waals surface area contributed by atoms with Gasteiger partial charge in [0.15, 0.2) is 0 Å². The Kier molecular flexibility index (Phi) is 4.82. The van der Waals surface area contributed by atoms with Crippen LogP contribution in [0.3, 0.4) is 0 Å². The summed E-state index contributed by atoms with van der Waals surface area (Å²) < 4.78 is 1.91. The van der Waals surface area contributed by atoms with Gasteiger partial charge in [-0.15, -0.1) is 0 Å². The molecule has 23 heavy (non-hydrogen) atoms. The molecule has 0 fully saturated rings. The van der Waals surface area contributed by atoms with Gasteiger partial charge in [-0.05, 0) is 34.9 Å². The summed E-state index contributed by atoms with van der Waals surface area (Å²) >= 11 is 0. The molecular formula is C19H18N4. The summed E-state index contributed by atoms with van der Waals surface area (Å²) in [6.07, 6.45) is 3.75. The summed E-state index contributed by atoms with van der Waals surface area (Å²) in [6, 6.07) is 20.3. The van der Waals surface area contributed by atoms with Crippen LogP contribution in [0, 0.1) is 11.3 Å². The van der Waals surface area contributed by atoms with Crippen molar-refractivity contribution in [2.45, 2.75) is 19.6 Å². The van der Waals surface area contributed by atoms with Crippen molar-refractivity contribution in [1.82, 2.24) is 15.1 Å². The van der Waals surface area contributed by atoms with Crippen LogP contribution in [0.2, 0.25) is 0 Å². The highest BCUT2D eigenvalue weighted by Crippen LogP contribution is 2.07. The van der Waals surface area contributed by atoms with Crippen molar-refractivity contribution in [1.29, 1.82) is 5.26 Å². The Labute approximate surface area is 136 Å². The molecule has 0 spiro atoms. The van der Waals surface area contributed by atoms with E-state index in [0.29, 0.717) is 5.56 Å². The first kappa shape index (κ1) is 15.0. The van der Waals surface area contributed by atoms with Crippen LogP contribution < -0.4 is 5.32 Å². The van der Waals surface area contributed by atoms with E-state index >= 15 is 0 Å². The first-order chi connectivity index (χ1) is 11.3. The monoisotopic (exact) mass is 302 g/mol. The molecule has 0 radical (unpaired) electrons. The maximum absolute atomic E-state index is 8.91. The van der Waals surface area contributed by atoms with Crippen LogP contribution in [-0.4, -0.2) is 9.78 Å². The van der Waals surface area contributed by atoms with Gasteiger partial charge >= 0.3 is 0 Å². The predicted octanol–water partition coefficient (Wildman–Crippen LogP) is 3.09. The fourth-order valence-electron chi connectivity index (χ4n) is 2.45. The Hall–Kier alpha value is -2.90. The van der Waals surface area contributed by atoms with Crippen molar-refractivity contribution in [2.24, 2.45) is 0 Å². The zero-order valence-corrected chi connectivity index (χ0v) is 12.8. The Bertz CT molecular complexity index is 783. The van der Waals surface area contributed by atoms with Gasteiger partial charge in [-0.3, -0.25) is 4.68 Å². The van der Waals surface area contributed by atoms with Crippen LogP contribution >= 0.6 is 0 Å². The SMILES string of the molecule is N#Cc1cccc(CNCc2ccc(Cn3cccn3)cc2)c1. The van der Waals surface area contributed by atoms with Crippen molar-refractivity contribution >= 4 is 0 Å². The van der Waals surface area contributed by atoms with Gasteiger partial charge < -0.3 is 5.32 Å². The summed E-state index contributed by atoms with van der Waals surface area (Å²) in [5.41, 5.74) is 4.30. The molecule has 2 aromatic carbocycles. The number of nitriles is 1. The molecular weight excluding hydrogens is 284 g/mol. The van der Waals surface area contributed by atoms with Crippen LogP contribution in [0.15, 0.2) is 67.0 Å². The molecule has 0 unspecified atom stereocenters. The second-order valence-electron chi connectivity index (χ2n) is 5.44. The first-order valence-corrected chi connectivity index (χ1v) is 7.58. The Balaban J connectivity index is 1.51. The van der Waals surface area contributed by atoms with E-state index in [0.717, 1.165) is 25.2 Å². The molecule has 0 amide bonds. The fourth-order valence-corrected chi connectivity index (χ4v) is 2.45. The average Bonchev–Trinajstić information content (AvgIpc) is 3.10. The minimum Gasteiger partial charge on any atom is -0.309 e. The third-order valence-corrected chi connectivity index (χ3v) is 3.64. The quantitative estimate of drug-likeness (QED) is 0.761. The third-order valence-electron chi connectivity index (χ3n) is 3.64. The van der Waals surface area contributed by atoms with Crippen molar-refractivity contribution in [3.63, 3.8) is 0 Å². The lowest BCUT2D eigenvalue weighted by atomic mass is 10.1. The van der Waals surface area contributed by atoms with Gasteiger partial charge in [-0.2, -0.15) is 10.4 Å². The number of hydrogen-bond acceptors (Lipinski definition) is 3. The standard InChI is InChI=1S/C19H18N4/c20-12-18-3-1-4-19(11-18)14-21-13-16-5-7-17(8-6-16)15-23-10-2-9-22-23/h1-11,21H,13-15H2. The summed E-state index contributed by atoms with van der Waals surface area (Å²) in [5.74, 6) is 0.